The minimum absolute atomic E-state index is 0.575. The fraction of sp³-hybridized carbons (Fsp3) is 0.714. The van der Waals surface area contributed by atoms with Crippen molar-refractivity contribution in [2.45, 2.75) is 18.5 Å². The van der Waals surface area contributed by atoms with Gasteiger partial charge < -0.3 is 9.47 Å². The first kappa shape index (κ1) is 8.83. The molecule has 0 radical (unpaired) electrons. The summed E-state index contributed by atoms with van der Waals surface area (Å²) in [5, 5.41) is 0. The van der Waals surface area contributed by atoms with Crippen molar-refractivity contribution in [3.63, 3.8) is 0 Å². The first-order valence-electron chi connectivity index (χ1n) is 4.16. The van der Waals surface area contributed by atoms with Crippen LogP contribution in [0.5, 0.6) is 0 Å². The molecule has 0 amide bonds. The highest BCUT2D eigenvalue weighted by molar-refractivity contribution is 7.89. The summed E-state index contributed by atoms with van der Waals surface area (Å²) in [5.74, 6) is 0. The minimum Gasteiger partial charge on any atom is -0.446 e. The Hall–Kier alpha value is -0.750. The molecular formula is C7H11NO4S. The lowest BCUT2D eigenvalue weighted by molar-refractivity contribution is 0.0421. The molecule has 13 heavy (non-hydrogen) atoms. The Kier molecular flexibility index (Phi) is 2.17. The molecular weight excluding hydrogens is 194 g/mol. The molecule has 0 saturated carbocycles. The highest BCUT2D eigenvalue weighted by atomic mass is 32.2. The van der Waals surface area contributed by atoms with Gasteiger partial charge >= 0.3 is 5.62 Å². The molecule has 0 aromatic rings. The minimum atomic E-state index is -3.41. The summed E-state index contributed by atoms with van der Waals surface area (Å²) in [6, 6.07) is 0. The Morgan fingerprint density at radius 1 is 1.15 bits per heavy atom. The number of sulfonamides is 1. The van der Waals surface area contributed by atoms with E-state index >= 15 is 0 Å². The third-order valence-electron chi connectivity index (χ3n) is 2.10. The zero-order chi connectivity index (χ0) is 9.31. The van der Waals surface area contributed by atoms with Crippen LogP contribution in [0, 0.1) is 0 Å². The first-order chi connectivity index (χ1) is 6.21. The maximum Gasteiger partial charge on any atom is 0.359 e. The van der Waals surface area contributed by atoms with Gasteiger partial charge in [-0.2, -0.15) is 4.31 Å². The second kappa shape index (κ2) is 3.19. The maximum atomic E-state index is 11.7. The predicted octanol–water partition coefficient (Wildman–Crippen LogP) is 0.214. The molecule has 2 rings (SSSR count). The lowest BCUT2D eigenvalue weighted by atomic mass is 10.4. The summed E-state index contributed by atoms with van der Waals surface area (Å²) < 4.78 is 34.3. The van der Waals surface area contributed by atoms with Crippen molar-refractivity contribution in [1.82, 2.24) is 4.31 Å². The number of nitrogens with zero attached hydrogens (tertiary/aromatic N) is 1. The molecule has 0 aromatic carbocycles. The normalized spacial score (nSPS) is 24.6. The molecule has 5 nitrogen and oxygen atoms in total. The fourth-order valence-electron chi connectivity index (χ4n) is 1.43. The van der Waals surface area contributed by atoms with Crippen molar-refractivity contribution in [1.29, 1.82) is 0 Å². The summed E-state index contributed by atoms with van der Waals surface area (Å²) in [4.78, 5) is 0. The van der Waals surface area contributed by atoms with Crippen LogP contribution >= 0.6 is 0 Å². The number of rotatable bonds is 2. The van der Waals surface area contributed by atoms with Gasteiger partial charge in [0.05, 0.1) is 0 Å². The van der Waals surface area contributed by atoms with Crippen molar-refractivity contribution in [3.8, 4) is 0 Å². The number of hydrogen-bond acceptors (Lipinski definition) is 4. The molecule has 0 spiro atoms. The van der Waals surface area contributed by atoms with Crippen LogP contribution in [0.25, 0.3) is 0 Å². The molecule has 6 heteroatoms. The van der Waals surface area contributed by atoms with E-state index in [9.17, 15) is 8.42 Å². The van der Waals surface area contributed by atoms with Crippen LogP contribution in [-0.4, -0.2) is 31.4 Å². The van der Waals surface area contributed by atoms with Gasteiger partial charge in [0.15, 0.2) is 0 Å². The van der Waals surface area contributed by atoms with Crippen LogP contribution < -0.4 is 0 Å². The molecule has 74 valence electrons. The van der Waals surface area contributed by atoms with Gasteiger partial charge in [-0.3, -0.25) is 0 Å². The molecule has 1 saturated heterocycles. The van der Waals surface area contributed by atoms with Crippen molar-refractivity contribution >= 4 is 10.0 Å². The molecule has 0 N–H and O–H groups in total. The Bertz CT molecular complexity index is 288. The molecule has 2 heterocycles. The molecule has 0 atom stereocenters. The highest BCUT2D eigenvalue weighted by Crippen LogP contribution is 2.20. The Morgan fingerprint density at radius 3 is 2.23 bits per heavy atom. The van der Waals surface area contributed by atoms with Gasteiger partial charge in [-0.1, -0.05) is 0 Å². The number of hydrogen-bond donors (Lipinski definition) is 0. The van der Waals surface area contributed by atoms with Crippen LogP contribution in [0.3, 0.4) is 0 Å². The van der Waals surface area contributed by atoms with Gasteiger partial charge in [0.2, 0.25) is 0 Å². The number of ether oxygens (including phenoxy) is 2. The van der Waals surface area contributed by atoms with Crippen molar-refractivity contribution < 1.29 is 17.9 Å². The van der Waals surface area contributed by atoms with Crippen molar-refractivity contribution in [2.75, 3.05) is 13.1 Å². The fourth-order valence-corrected chi connectivity index (χ4v) is 2.85. The Morgan fingerprint density at radius 2 is 1.69 bits per heavy atom. The lowest BCUT2D eigenvalue weighted by Crippen LogP contribution is -2.37. The van der Waals surface area contributed by atoms with Gasteiger partial charge in [-0.05, 0) is 12.8 Å². The highest BCUT2D eigenvalue weighted by Gasteiger charge is 2.37. The summed E-state index contributed by atoms with van der Waals surface area (Å²) in [5.41, 5.74) is -1.16. The van der Waals surface area contributed by atoms with E-state index in [1.807, 2.05) is 0 Å². The van der Waals surface area contributed by atoms with Crippen LogP contribution in [-0.2, 0) is 19.5 Å². The maximum absolute atomic E-state index is 11.7. The lowest BCUT2D eigenvalue weighted by Gasteiger charge is -2.18. The van der Waals surface area contributed by atoms with Crippen LogP contribution in [0.4, 0.5) is 0 Å². The Labute approximate surface area is 77.0 Å². The third-order valence-corrected chi connectivity index (χ3v) is 3.90. The van der Waals surface area contributed by atoms with E-state index in [1.165, 1.54) is 16.8 Å². The molecule has 0 unspecified atom stereocenters. The summed E-state index contributed by atoms with van der Waals surface area (Å²) in [6.07, 6.45) is 4.33. The second-order valence-corrected chi connectivity index (χ2v) is 4.92. The molecule has 2 aliphatic rings. The Balaban J connectivity index is 2.10. The summed E-state index contributed by atoms with van der Waals surface area (Å²) >= 11 is 0. The average Bonchev–Trinajstić information content (AvgIpc) is 2.78. The van der Waals surface area contributed by atoms with E-state index < -0.39 is 15.6 Å². The first-order valence-corrected chi connectivity index (χ1v) is 5.66. The SMILES string of the molecule is O=S(=O)(C1OC=CO1)N1CCCC1. The average molecular weight is 205 g/mol. The van der Waals surface area contributed by atoms with Crippen LogP contribution in [0.15, 0.2) is 12.5 Å². The van der Waals surface area contributed by atoms with Crippen molar-refractivity contribution in [3.05, 3.63) is 12.5 Å². The molecule has 2 aliphatic heterocycles. The monoisotopic (exact) mass is 205 g/mol. The van der Waals surface area contributed by atoms with Crippen LogP contribution in [0.1, 0.15) is 12.8 Å². The standard InChI is InChI=1S/C7H11NO4S/c9-13(10,7-11-5-6-12-7)8-3-1-2-4-8/h5-7H,1-4H2. The van der Waals surface area contributed by atoms with Gasteiger partial charge in [0.25, 0.3) is 10.0 Å². The topological polar surface area (TPSA) is 55.8 Å². The van der Waals surface area contributed by atoms with E-state index in [0.717, 1.165) is 12.8 Å². The zero-order valence-electron chi connectivity index (χ0n) is 7.05. The van der Waals surface area contributed by atoms with Crippen LogP contribution in [0.2, 0.25) is 0 Å². The third kappa shape index (κ3) is 1.51. The molecule has 1 fully saturated rings. The van der Waals surface area contributed by atoms with Gasteiger partial charge in [0, 0.05) is 13.1 Å². The molecule has 0 aromatic heterocycles. The molecule has 0 aliphatic carbocycles. The quantitative estimate of drug-likeness (QED) is 0.646. The van der Waals surface area contributed by atoms with Gasteiger partial charge in [-0.15, -0.1) is 0 Å². The predicted molar refractivity (Wildman–Crippen MR) is 44.8 cm³/mol. The largest absolute Gasteiger partial charge is 0.446 e. The zero-order valence-corrected chi connectivity index (χ0v) is 7.87. The summed E-state index contributed by atoms with van der Waals surface area (Å²) in [6.45, 7) is 1.15. The van der Waals surface area contributed by atoms with E-state index in [4.69, 9.17) is 9.47 Å². The van der Waals surface area contributed by atoms with E-state index in [2.05, 4.69) is 0 Å². The smallest absolute Gasteiger partial charge is 0.359 e. The molecule has 0 bridgehead atoms. The summed E-state index contributed by atoms with van der Waals surface area (Å²) in [7, 11) is -3.41. The second-order valence-electron chi connectivity index (χ2n) is 2.98. The van der Waals surface area contributed by atoms with E-state index in [-0.39, 0.29) is 0 Å². The van der Waals surface area contributed by atoms with E-state index in [0.29, 0.717) is 13.1 Å². The van der Waals surface area contributed by atoms with Gasteiger partial charge in [-0.25, -0.2) is 8.42 Å². The van der Waals surface area contributed by atoms with E-state index in [1.54, 1.807) is 0 Å². The van der Waals surface area contributed by atoms with Crippen molar-refractivity contribution in [2.24, 2.45) is 0 Å². The van der Waals surface area contributed by atoms with Gasteiger partial charge in [0.1, 0.15) is 12.5 Å².